The third kappa shape index (κ3) is 3.68. The maximum absolute atomic E-state index is 11.7. The average Bonchev–Trinajstić information content (AvgIpc) is 2.73. The fraction of sp³-hybridized carbons (Fsp3) is 0.636. The lowest BCUT2D eigenvalue weighted by Gasteiger charge is -2.20. The molecule has 1 aliphatic rings. The van der Waals surface area contributed by atoms with Crippen molar-refractivity contribution in [3.8, 4) is 0 Å². The smallest absolute Gasteiger partial charge is 0.228 e. The zero-order valence-corrected chi connectivity index (χ0v) is 12.5. The van der Waals surface area contributed by atoms with Gasteiger partial charge in [-0.3, -0.25) is 4.90 Å². The van der Waals surface area contributed by atoms with E-state index in [2.05, 4.69) is 16.3 Å². The molecular weight excluding hydrogens is 292 g/mol. The number of hydrogen-bond acceptors (Lipinski definition) is 4. The second-order valence-corrected chi connectivity index (χ2v) is 7.91. The maximum Gasteiger partial charge on any atom is 0.228 e. The van der Waals surface area contributed by atoms with Crippen LogP contribution in [0.3, 0.4) is 0 Å². The molecule has 0 aromatic carbocycles. The van der Waals surface area contributed by atoms with Crippen LogP contribution >= 0.6 is 22.9 Å². The van der Waals surface area contributed by atoms with Crippen molar-refractivity contribution < 1.29 is 8.42 Å². The zero-order chi connectivity index (χ0) is 13.0. The lowest BCUT2D eigenvalue weighted by Crippen LogP contribution is -2.35. The number of rotatable bonds is 4. The van der Waals surface area contributed by atoms with Crippen LogP contribution in [0.1, 0.15) is 11.3 Å². The van der Waals surface area contributed by atoms with Crippen molar-refractivity contribution in [3.63, 3.8) is 0 Å². The largest absolute Gasteiger partial charge is 0.297 e. The molecule has 0 saturated carbocycles. The molecule has 18 heavy (non-hydrogen) atoms. The Morgan fingerprint density at radius 2 is 2.11 bits per heavy atom. The third-order valence-electron chi connectivity index (χ3n) is 3.04. The average molecular weight is 309 g/mol. The van der Waals surface area contributed by atoms with Gasteiger partial charge in [-0.25, -0.2) is 8.42 Å². The van der Waals surface area contributed by atoms with Crippen molar-refractivity contribution in [2.75, 3.05) is 31.4 Å². The molecule has 0 amide bonds. The number of sulfonamides is 1. The normalized spacial score (nSPS) is 19.8. The van der Waals surface area contributed by atoms with Crippen LogP contribution in [0.25, 0.3) is 0 Å². The van der Waals surface area contributed by atoms with Crippen LogP contribution in [0.15, 0.2) is 17.5 Å². The summed E-state index contributed by atoms with van der Waals surface area (Å²) in [4.78, 5) is 3.62. The summed E-state index contributed by atoms with van der Waals surface area (Å²) in [5.74, 6) is 0. The van der Waals surface area contributed by atoms with Crippen LogP contribution in [-0.4, -0.2) is 49.0 Å². The Labute approximate surface area is 117 Å². The molecule has 7 heteroatoms. The van der Waals surface area contributed by atoms with Crippen LogP contribution in [0.4, 0.5) is 0 Å². The van der Waals surface area contributed by atoms with Crippen LogP contribution in [0.2, 0.25) is 0 Å². The molecule has 0 radical (unpaired) electrons. The fourth-order valence-electron chi connectivity index (χ4n) is 2.08. The van der Waals surface area contributed by atoms with E-state index < -0.39 is 10.0 Å². The van der Waals surface area contributed by atoms with Gasteiger partial charge in [-0.15, -0.1) is 22.9 Å². The summed E-state index contributed by atoms with van der Waals surface area (Å²) in [5.41, 5.74) is 0. The van der Waals surface area contributed by atoms with Gasteiger partial charge in [-0.1, -0.05) is 6.07 Å². The van der Waals surface area contributed by atoms with Crippen LogP contribution < -0.4 is 0 Å². The van der Waals surface area contributed by atoms with Crippen molar-refractivity contribution in [2.45, 2.75) is 13.0 Å². The van der Waals surface area contributed by atoms with Gasteiger partial charge in [0.1, 0.15) is 5.21 Å². The highest BCUT2D eigenvalue weighted by molar-refractivity contribution is 7.90. The summed E-state index contributed by atoms with van der Waals surface area (Å²) in [7, 11) is -3.26. The first-order valence-corrected chi connectivity index (χ1v) is 8.93. The van der Waals surface area contributed by atoms with E-state index in [9.17, 15) is 8.42 Å². The standard InChI is InChI=1S/C11H17ClN2O2S2/c12-10-18(15,16)14-5-2-4-13(6-7-14)9-11-3-1-8-17-11/h1,3,8H,2,4-7,9-10H2. The van der Waals surface area contributed by atoms with Gasteiger partial charge in [0.15, 0.2) is 0 Å². The Hall–Kier alpha value is -0.140. The van der Waals surface area contributed by atoms with Crippen molar-refractivity contribution in [1.82, 2.24) is 9.21 Å². The summed E-state index contributed by atoms with van der Waals surface area (Å²) in [6.45, 7) is 3.74. The van der Waals surface area contributed by atoms with Crippen molar-refractivity contribution >= 4 is 33.0 Å². The van der Waals surface area contributed by atoms with Gasteiger partial charge in [0.2, 0.25) is 10.0 Å². The molecule has 1 saturated heterocycles. The van der Waals surface area contributed by atoms with E-state index in [4.69, 9.17) is 11.6 Å². The lowest BCUT2D eigenvalue weighted by molar-refractivity contribution is 0.281. The molecule has 0 atom stereocenters. The van der Waals surface area contributed by atoms with E-state index in [1.807, 2.05) is 6.07 Å². The van der Waals surface area contributed by atoms with E-state index >= 15 is 0 Å². The summed E-state index contributed by atoms with van der Waals surface area (Å²) in [6, 6.07) is 4.16. The number of hydrogen-bond donors (Lipinski definition) is 0. The summed E-state index contributed by atoms with van der Waals surface area (Å²) in [6.07, 6.45) is 0.863. The molecule has 1 fully saturated rings. The van der Waals surface area contributed by atoms with E-state index in [1.54, 1.807) is 11.3 Å². The van der Waals surface area contributed by atoms with Gasteiger partial charge in [0.05, 0.1) is 0 Å². The molecule has 1 aromatic heterocycles. The first-order chi connectivity index (χ1) is 8.62. The minimum Gasteiger partial charge on any atom is -0.297 e. The molecule has 0 bridgehead atoms. The molecule has 1 aromatic rings. The first kappa shape index (κ1) is 14.3. The monoisotopic (exact) mass is 308 g/mol. The van der Waals surface area contributed by atoms with Crippen molar-refractivity contribution in [1.29, 1.82) is 0 Å². The molecule has 0 aliphatic carbocycles. The Morgan fingerprint density at radius 3 is 2.78 bits per heavy atom. The molecule has 4 nitrogen and oxygen atoms in total. The van der Waals surface area contributed by atoms with Crippen LogP contribution in [0.5, 0.6) is 0 Å². The van der Waals surface area contributed by atoms with E-state index in [-0.39, 0.29) is 5.21 Å². The summed E-state index contributed by atoms with van der Waals surface area (Å²) in [5, 5.41) is 1.75. The Bertz CT molecular complexity index is 461. The molecular formula is C11H17ClN2O2S2. The van der Waals surface area contributed by atoms with Gasteiger partial charge < -0.3 is 0 Å². The third-order valence-corrected chi connectivity index (χ3v) is 6.15. The molecule has 0 spiro atoms. The summed E-state index contributed by atoms with van der Waals surface area (Å²) >= 11 is 7.23. The molecule has 1 aliphatic heterocycles. The lowest BCUT2D eigenvalue weighted by atomic mass is 10.3. The Morgan fingerprint density at radius 1 is 1.28 bits per heavy atom. The van der Waals surface area contributed by atoms with Crippen LogP contribution in [0, 0.1) is 0 Å². The number of alkyl halides is 1. The predicted octanol–water partition coefficient (Wildman–Crippen LogP) is 1.78. The molecule has 0 unspecified atom stereocenters. The fourth-order valence-corrected chi connectivity index (χ4v) is 4.14. The van der Waals surface area contributed by atoms with Gasteiger partial charge in [0.25, 0.3) is 0 Å². The van der Waals surface area contributed by atoms with Gasteiger partial charge >= 0.3 is 0 Å². The van der Waals surface area contributed by atoms with E-state index in [0.717, 1.165) is 26.1 Å². The highest BCUT2D eigenvalue weighted by Gasteiger charge is 2.24. The topological polar surface area (TPSA) is 40.6 Å². The number of thiophene rings is 1. The minimum atomic E-state index is -3.26. The highest BCUT2D eigenvalue weighted by atomic mass is 35.5. The van der Waals surface area contributed by atoms with Crippen molar-refractivity contribution in [3.05, 3.63) is 22.4 Å². The van der Waals surface area contributed by atoms with Gasteiger partial charge in [-0.05, 0) is 24.4 Å². The quantitative estimate of drug-likeness (QED) is 0.796. The second-order valence-electron chi connectivity index (χ2n) is 4.33. The highest BCUT2D eigenvalue weighted by Crippen LogP contribution is 2.15. The first-order valence-electron chi connectivity index (χ1n) is 5.90. The number of halogens is 1. The molecule has 2 rings (SSSR count). The molecule has 0 N–H and O–H groups in total. The van der Waals surface area contributed by atoms with Crippen molar-refractivity contribution in [2.24, 2.45) is 0 Å². The predicted molar refractivity (Wildman–Crippen MR) is 75.4 cm³/mol. The van der Waals surface area contributed by atoms with Gasteiger partial charge in [-0.2, -0.15) is 4.31 Å². The SMILES string of the molecule is O=S(=O)(CCl)N1CCCN(Cc2cccs2)CC1. The Balaban J connectivity index is 1.92. The molecule has 2 heterocycles. The van der Waals surface area contributed by atoms with E-state index in [0.29, 0.717) is 13.1 Å². The van der Waals surface area contributed by atoms with E-state index in [1.165, 1.54) is 9.18 Å². The molecule has 102 valence electrons. The van der Waals surface area contributed by atoms with Crippen LogP contribution in [-0.2, 0) is 16.6 Å². The maximum atomic E-state index is 11.7. The second kappa shape index (κ2) is 6.34. The Kier molecular flexibility index (Phi) is 5.03. The summed E-state index contributed by atoms with van der Waals surface area (Å²) < 4.78 is 24.9. The minimum absolute atomic E-state index is 0.322. The van der Waals surface area contributed by atoms with Gasteiger partial charge in [0, 0.05) is 31.1 Å². The number of nitrogens with zero attached hydrogens (tertiary/aromatic N) is 2. The zero-order valence-electron chi connectivity index (χ0n) is 10.1.